The van der Waals surface area contributed by atoms with Gasteiger partial charge in [0.1, 0.15) is 6.54 Å². The summed E-state index contributed by atoms with van der Waals surface area (Å²) in [6.07, 6.45) is -5.18. The van der Waals surface area contributed by atoms with Gasteiger partial charge in [0.25, 0.3) is 11.8 Å². The first-order chi connectivity index (χ1) is 11.9. The Morgan fingerprint density at radius 2 is 2.00 bits per heavy atom. The highest BCUT2D eigenvalue weighted by atomic mass is 19.4. The van der Waals surface area contributed by atoms with Crippen LogP contribution in [-0.4, -0.2) is 56.9 Å². The molecule has 2 rings (SSSR count). The molecular weight excluding hydrogens is 365 g/mol. The van der Waals surface area contributed by atoms with Crippen LogP contribution in [0.4, 0.5) is 22.0 Å². The second-order valence-corrected chi connectivity index (χ2v) is 6.33. The zero-order valence-electron chi connectivity index (χ0n) is 13.9. The van der Waals surface area contributed by atoms with Crippen molar-refractivity contribution in [2.24, 2.45) is 5.92 Å². The molecule has 1 amide bonds. The van der Waals surface area contributed by atoms with Crippen molar-refractivity contribution in [3.63, 3.8) is 0 Å². The minimum Gasteiger partial charge on any atom is -0.481 e. The number of aliphatic carboxylic acids is 1. The number of halogens is 5. The number of carbonyl (C=O) groups excluding carboxylic acids is 1. The summed E-state index contributed by atoms with van der Waals surface area (Å²) in [5.74, 6) is -6.67. The predicted octanol–water partition coefficient (Wildman–Crippen LogP) is 2.72. The Morgan fingerprint density at radius 3 is 2.58 bits per heavy atom. The van der Waals surface area contributed by atoms with Crippen molar-refractivity contribution in [3.8, 4) is 0 Å². The molecule has 1 unspecified atom stereocenters. The normalized spacial score (nSPS) is 20.7. The summed E-state index contributed by atoms with van der Waals surface area (Å²) in [5, 5.41) is 12.4. The number of alkyl halides is 5. The van der Waals surface area contributed by atoms with E-state index in [-0.39, 0.29) is 30.8 Å². The van der Waals surface area contributed by atoms with Gasteiger partial charge in [0.05, 0.1) is 17.7 Å². The first-order valence-corrected chi connectivity index (χ1v) is 7.89. The van der Waals surface area contributed by atoms with Crippen LogP contribution in [0.2, 0.25) is 0 Å². The molecule has 0 saturated carbocycles. The third kappa shape index (κ3) is 4.92. The number of rotatable bonds is 4. The molecule has 1 fully saturated rings. The molecule has 1 saturated heterocycles. The van der Waals surface area contributed by atoms with Crippen LogP contribution in [-0.2, 0) is 11.3 Å². The molecule has 1 aromatic heterocycles. The fraction of sp³-hybridized carbons (Fsp3) is 0.667. The zero-order valence-corrected chi connectivity index (χ0v) is 13.9. The van der Waals surface area contributed by atoms with Crippen molar-refractivity contribution in [1.82, 2.24) is 14.7 Å². The van der Waals surface area contributed by atoms with Gasteiger partial charge in [0.2, 0.25) is 0 Å². The molecule has 1 N–H and O–H groups in total. The van der Waals surface area contributed by atoms with Gasteiger partial charge in [0.15, 0.2) is 0 Å². The van der Waals surface area contributed by atoms with E-state index in [4.69, 9.17) is 5.11 Å². The highest BCUT2D eigenvalue weighted by Crippen LogP contribution is 2.36. The van der Waals surface area contributed by atoms with E-state index < -0.39 is 49.3 Å². The molecule has 0 aliphatic carbocycles. The average molecular weight is 383 g/mol. The molecule has 26 heavy (non-hydrogen) atoms. The number of nitrogens with zero attached hydrogens (tertiary/aromatic N) is 3. The van der Waals surface area contributed by atoms with Gasteiger partial charge < -0.3 is 10.0 Å². The lowest BCUT2D eigenvalue weighted by Gasteiger charge is -2.22. The molecule has 1 aromatic rings. The summed E-state index contributed by atoms with van der Waals surface area (Å²) in [4.78, 5) is 24.4. The van der Waals surface area contributed by atoms with E-state index in [1.807, 2.05) is 0 Å². The maximum atomic E-state index is 14.1. The molecule has 0 aromatic carbocycles. The monoisotopic (exact) mass is 383 g/mol. The maximum Gasteiger partial charge on any atom is 0.408 e. The van der Waals surface area contributed by atoms with Crippen LogP contribution >= 0.6 is 0 Å². The molecule has 0 bridgehead atoms. The van der Waals surface area contributed by atoms with Gasteiger partial charge in [-0.3, -0.25) is 14.3 Å². The van der Waals surface area contributed by atoms with Crippen LogP contribution in [0.1, 0.15) is 35.3 Å². The van der Waals surface area contributed by atoms with Crippen molar-refractivity contribution in [2.75, 3.05) is 13.1 Å². The average Bonchev–Trinajstić information content (AvgIpc) is 2.75. The lowest BCUT2D eigenvalue weighted by molar-refractivity contribution is -0.143. The SMILES string of the molecule is Cc1nn(CC(F)(F)F)cc1C(=O)N1CCC(CC(=O)O)C(F)(F)CC1. The third-order valence-electron chi connectivity index (χ3n) is 4.29. The van der Waals surface area contributed by atoms with Crippen molar-refractivity contribution in [3.05, 3.63) is 17.5 Å². The topological polar surface area (TPSA) is 75.4 Å². The van der Waals surface area contributed by atoms with E-state index in [0.29, 0.717) is 4.68 Å². The number of amides is 1. The molecule has 1 aliphatic heterocycles. The highest BCUT2D eigenvalue weighted by molar-refractivity contribution is 5.95. The van der Waals surface area contributed by atoms with Crippen molar-refractivity contribution in [1.29, 1.82) is 0 Å². The van der Waals surface area contributed by atoms with Crippen LogP contribution in [0, 0.1) is 12.8 Å². The fourth-order valence-corrected chi connectivity index (χ4v) is 2.95. The third-order valence-corrected chi connectivity index (χ3v) is 4.29. The zero-order chi connectivity index (χ0) is 19.7. The number of aryl methyl sites for hydroxylation is 1. The molecule has 1 aliphatic rings. The highest BCUT2D eigenvalue weighted by Gasteiger charge is 2.43. The summed E-state index contributed by atoms with van der Waals surface area (Å²) < 4.78 is 66.0. The van der Waals surface area contributed by atoms with Gasteiger partial charge in [-0.15, -0.1) is 0 Å². The molecule has 0 radical (unpaired) electrons. The second kappa shape index (κ2) is 7.20. The Hall–Kier alpha value is -2.20. The molecule has 2 heterocycles. The Labute approximate surface area is 145 Å². The van der Waals surface area contributed by atoms with Gasteiger partial charge in [-0.25, -0.2) is 8.78 Å². The van der Waals surface area contributed by atoms with Gasteiger partial charge in [-0.1, -0.05) is 0 Å². The number of hydrogen-bond acceptors (Lipinski definition) is 3. The van der Waals surface area contributed by atoms with Crippen molar-refractivity contribution < 1.29 is 36.6 Å². The Bertz CT molecular complexity index is 687. The van der Waals surface area contributed by atoms with Gasteiger partial charge in [-0.05, 0) is 13.3 Å². The van der Waals surface area contributed by atoms with Gasteiger partial charge in [-0.2, -0.15) is 18.3 Å². The van der Waals surface area contributed by atoms with E-state index in [2.05, 4.69) is 5.10 Å². The number of carboxylic acids is 1. The van der Waals surface area contributed by atoms with Gasteiger partial charge in [0, 0.05) is 31.6 Å². The van der Waals surface area contributed by atoms with Crippen molar-refractivity contribution >= 4 is 11.9 Å². The summed E-state index contributed by atoms with van der Waals surface area (Å²) in [6.45, 7) is -0.415. The first-order valence-electron chi connectivity index (χ1n) is 7.89. The van der Waals surface area contributed by atoms with E-state index in [1.54, 1.807) is 0 Å². The predicted molar refractivity (Wildman–Crippen MR) is 78.8 cm³/mol. The Morgan fingerprint density at radius 1 is 1.35 bits per heavy atom. The quantitative estimate of drug-likeness (QED) is 0.812. The number of aromatic nitrogens is 2. The smallest absolute Gasteiger partial charge is 0.408 e. The number of carbonyl (C=O) groups is 2. The van der Waals surface area contributed by atoms with Gasteiger partial charge >= 0.3 is 12.1 Å². The first kappa shape index (κ1) is 20.1. The summed E-state index contributed by atoms with van der Waals surface area (Å²) in [6, 6.07) is 0. The van der Waals surface area contributed by atoms with Crippen LogP contribution in [0.5, 0.6) is 0 Å². The molecule has 6 nitrogen and oxygen atoms in total. The summed E-state index contributed by atoms with van der Waals surface area (Å²) in [5.41, 5.74) is -0.0217. The molecule has 1 atom stereocenters. The van der Waals surface area contributed by atoms with Crippen LogP contribution in [0.25, 0.3) is 0 Å². The summed E-state index contributed by atoms with van der Waals surface area (Å²) in [7, 11) is 0. The van der Waals surface area contributed by atoms with Crippen molar-refractivity contribution in [2.45, 2.75) is 44.8 Å². The molecule has 11 heteroatoms. The van der Waals surface area contributed by atoms with Crippen LogP contribution < -0.4 is 0 Å². The molecular formula is C15H18F5N3O3. The number of likely N-dealkylation sites (tertiary alicyclic amines) is 1. The van der Waals surface area contributed by atoms with E-state index >= 15 is 0 Å². The maximum absolute atomic E-state index is 14.1. The van der Waals surface area contributed by atoms with E-state index in [0.717, 1.165) is 11.1 Å². The minimum absolute atomic E-state index is 0.0670. The molecule has 0 spiro atoms. The molecule has 146 valence electrons. The fourth-order valence-electron chi connectivity index (χ4n) is 2.95. The number of carboxylic acid groups (broad SMARTS) is 1. The van der Waals surface area contributed by atoms with E-state index in [9.17, 15) is 31.5 Å². The van der Waals surface area contributed by atoms with E-state index in [1.165, 1.54) is 6.92 Å². The summed E-state index contributed by atoms with van der Waals surface area (Å²) >= 11 is 0. The second-order valence-electron chi connectivity index (χ2n) is 6.33. The lowest BCUT2D eigenvalue weighted by atomic mass is 9.93. The standard InChI is InChI=1S/C15H18F5N3O3/c1-9-11(7-23(21-9)8-15(18,19)20)13(26)22-4-2-10(6-12(24)25)14(16,17)3-5-22/h7,10H,2-6,8H2,1H3,(H,24,25). The largest absolute Gasteiger partial charge is 0.481 e. The Kier molecular flexibility index (Phi) is 5.57. The lowest BCUT2D eigenvalue weighted by Crippen LogP contribution is -2.33. The van der Waals surface area contributed by atoms with Crippen LogP contribution in [0.3, 0.4) is 0 Å². The van der Waals surface area contributed by atoms with Crippen LogP contribution in [0.15, 0.2) is 6.20 Å². The minimum atomic E-state index is -4.51. The number of hydrogen-bond donors (Lipinski definition) is 1. The Balaban J connectivity index is 2.14.